The highest BCUT2D eigenvalue weighted by Gasteiger charge is 2.30. The summed E-state index contributed by atoms with van der Waals surface area (Å²) < 4.78 is 10.6. The summed E-state index contributed by atoms with van der Waals surface area (Å²) in [7, 11) is 0. The quantitative estimate of drug-likeness (QED) is 0.855. The Morgan fingerprint density at radius 3 is 2.84 bits per heavy atom. The summed E-state index contributed by atoms with van der Waals surface area (Å²) in [5.41, 5.74) is 0.908. The van der Waals surface area contributed by atoms with Crippen molar-refractivity contribution in [3.05, 3.63) is 23.8 Å². The van der Waals surface area contributed by atoms with Gasteiger partial charge in [0.2, 0.25) is 6.79 Å². The molecule has 19 heavy (non-hydrogen) atoms. The number of fused-ring (bicyclic) bond motifs is 1. The van der Waals surface area contributed by atoms with Crippen molar-refractivity contribution < 1.29 is 14.6 Å². The maximum atomic E-state index is 10.4. The molecule has 1 atom stereocenters. The highest BCUT2D eigenvalue weighted by Crippen LogP contribution is 2.35. The van der Waals surface area contributed by atoms with Crippen LogP contribution < -0.4 is 9.47 Å². The van der Waals surface area contributed by atoms with Crippen molar-refractivity contribution in [3.63, 3.8) is 0 Å². The first-order valence-electron chi connectivity index (χ1n) is 7.09. The SMILES string of the molecule is CCCN(CC(O)c1ccc2c(c1)OCO2)C1CC1. The summed E-state index contributed by atoms with van der Waals surface area (Å²) >= 11 is 0. The fourth-order valence-electron chi connectivity index (χ4n) is 2.60. The second-order valence-corrected chi connectivity index (χ2v) is 5.35. The van der Waals surface area contributed by atoms with E-state index in [9.17, 15) is 5.11 Å². The van der Waals surface area contributed by atoms with E-state index in [0.717, 1.165) is 30.0 Å². The Bertz CT molecular complexity index is 445. The summed E-state index contributed by atoms with van der Waals surface area (Å²) in [4.78, 5) is 2.40. The lowest BCUT2D eigenvalue weighted by Gasteiger charge is -2.24. The van der Waals surface area contributed by atoms with Crippen LogP contribution in [0.3, 0.4) is 0 Å². The van der Waals surface area contributed by atoms with E-state index < -0.39 is 6.10 Å². The predicted octanol–water partition coefficient (Wildman–Crippen LogP) is 2.32. The number of hydrogen-bond donors (Lipinski definition) is 1. The Morgan fingerprint density at radius 1 is 1.32 bits per heavy atom. The van der Waals surface area contributed by atoms with Crippen LogP contribution in [0, 0.1) is 0 Å². The van der Waals surface area contributed by atoms with Gasteiger partial charge in [0.25, 0.3) is 0 Å². The van der Waals surface area contributed by atoms with Gasteiger partial charge in [-0.1, -0.05) is 13.0 Å². The van der Waals surface area contributed by atoms with E-state index in [1.807, 2.05) is 18.2 Å². The van der Waals surface area contributed by atoms with E-state index >= 15 is 0 Å². The van der Waals surface area contributed by atoms with Gasteiger partial charge >= 0.3 is 0 Å². The second kappa shape index (κ2) is 5.39. The number of nitrogens with zero attached hydrogens (tertiary/aromatic N) is 1. The molecule has 0 spiro atoms. The Morgan fingerprint density at radius 2 is 2.11 bits per heavy atom. The molecule has 0 aromatic heterocycles. The fraction of sp³-hybridized carbons (Fsp3) is 0.600. The smallest absolute Gasteiger partial charge is 0.231 e. The highest BCUT2D eigenvalue weighted by molar-refractivity contribution is 5.45. The minimum Gasteiger partial charge on any atom is -0.454 e. The first-order chi connectivity index (χ1) is 9.28. The number of aliphatic hydroxyl groups is 1. The number of benzene rings is 1. The van der Waals surface area contributed by atoms with Gasteiger partial charge in [-0.3, -0.25) is 4.90 Å². The fourth-order valence-corrected chi connectivity index (χ4v) is 2.60. The van der Waals surface area contributed by atoms with E-state index in [2.05, 4.69) is 11.8 Å². The van der Waals surface area contributed by atoms with Gasteiger partial charge in [-0.25, -0.2) is 0 Å². The van der Waals surface area contributed by atoms with Crippen LogP contribution in [-0.4, -0.2) is 35.9 Å². The molecule has 4 nitrogen and oxygen atoms in total. The summed E-state index contributed by atoms with van der Waals surface area (Å²) in [6.45, 7) is 4.23. The van der Waals surface area contributed by atoms with Crippen molar-refractivity contribution in [1.29, 1.82) is 0 Å². The average Bonchev–Trinajstić information content (AvgIpc) is 3.15. The van der Waals surface area contributed by atoms with Crippen molar-refractivity contribution in [1.82, 2.24) is 4.90 Å². The van der Waals surface area contributed by atoms with Crippen molar-refractivity contribution in [3.8, 4) is 11.5 Å². The van der Waals surface area contributed by atoms with Crippen LogP contribution in [0.15, 0.2) is 18.2 Å². The first kappa shape index (κ1) is 12.8. The van der Waals surface area contributed by atoms with Gasteiger partial charge in [0.05, 0.1) is 6.10 Å². The van der Waals surface area contributed by atoms with Gasteiger partial charge in [-0.2, -0.15) is 0 Å². The van der Waals surface area contributed by atoms with Crippen LogP contribution in [0.4, 0.5) is 0 Å². The van der Waals surface area contributed by atoms with Crippen LogP contribution in [-0.2, 0) is 0 Å². The molecule has 0 amide bonds. The van der Waals surface area contributed by atoms with Crippen LogP contribution in [0.2, 0.25) is 0 Å². The van der Waals surface area contributed by atoms with Crippen LogP contribution in [0.5, 0.6) is 11.5 Å². The third-order valence-corrected chi connectivity index (χ3v) is 3.76. The van der Waals surface area contributed by atoms with Crippen molar-refractivity contribution >= 4 is 0 Å². The maximum absolute atomic E-state index is 10.4. The van der Waals surface area contributed by atoms with Gasteiger partial charge in [-0.15, -0.1) is 0 Å². The van der Waals surface area contributed by atoms with E-state index in [1.165, 1.54) is 12.8 Å². The number of hydrogen-bond acceptors (Lipinski definition) is 4. The molecule has 1 aliphatic carbocycles. The van der Waals surface area contributed by atoms with E-state index in [0.29, 0.717) is 12.6 Å². The summed E-state index contributed by atoms with van der Waals surface area (Å²) in [6, 6.07) is 6.38. The standard InChI is InChI=1S/C15H21NO3/c1-2-7-16(12-4-5-12)9-13(17)11-3-6-14-15(8-11)19-10-18-14/h3,6,8,12-13,17H,2,4-5,7,9-10H2,1H3. The van der Waals surface area contributed by atoms with Crippen LogP contribution in [0.1, 0.15) is 37.9 Å². The van der Waals surface area contributed by atoms with Gasteiger partial charge in [0.1, 0.15) is 0 Å². The zero-order valence-electron chi connectivity index (χ0n) is 11.3. The topological polar surface area (TPSA) is 41.9 Å². The third kappa shape index (κ3) is 2.85. The predicted molar refractivity (Wildman–Crippen MR) is 72.4 cm³/mol. The Balaban J connectivity index is 1.67. The lowest BCUT2D eigenvalue weighted by atomic mass is 10.1. The molecular formula is C15H21NO3. The van der Waals surface area contributed by atoms with Gasteiger partial charge in [-0.05, 0) is 43.5 Å². The first-order valence-corrected chi connectivity index (χ1v) is 7.09. The molecule has 0 radical (unpaired) electrons. The molecule has 104 valence electrons. The van der Waals surface area contributed by atoms with Crippen molar-refractivity contribution in [2.24, 2.45) is 0 Å². The van der Waals surface area contributed by atoms with E-state index in [1.54, 1.807) is 0 Å². The van der Waals surface area contributed by atoms with Gasteiger partial charge in [0.15, 0.2) is 11.5 Å². The molecule has 1 fully saturated rings. The number of aliphatic hydroxyl groups excluding tert-OH is 1. The van der Waals surface area contributed by atoms with Gasteiger partial charge in [0, 0.05) is 12.6 Å². The highest BCUT2D eigenvalue weighted by atomic mass is 16.7. The third-order valence-electron chi connectivity index (χ3n) is 3.76. The van der Waals surface area contributed by atoms with Crippen LogP contribution in [0.25, 0.3) is 0 Å². The lowest BCUT2D eigenvalue weighted by Crippen LogP contribution is -2.31. The monoisotopic (exact) mass is 263 g/mol. The minimum absolute atomic E-state index is 0.277. The van der Waals surface area contributed by atoms with Crippen molar-refractivity contribution in [2.45, 2.75) is 38.3 Å². The summed E-state index contributed by atoms with van der Waals surface area (Å²) in [5, 5.41) is 10.4. The average molecular weight is 263 g/mol. The Hall–Kier alpha value is -1.26. The van der Waals surface area contributed by atoms with Gasteiger partial charge < -0.3 is 14.6 Å². The zero-order valence-corrected chi connectivity index (χ0v) is 11.3. The normalized spacial score (nSPS) is 18.9. The molecule has 1 heterocycles. The molecule has 1 unspecified atom stereocenters. The largest absolute Gasteiger partial charge is 0.454 e. The second-order valence-electron chi connectivity index (χ2n) is 5.35. The molecule has 1 aliphatic heterocycles. The molecule has 4 heteroatoms. The van der Waals surface area contributed by atoms with Crippen LogP contribution >= 0.6 is 0 Å². The molecule has 0 saturated heterocycles. The Labute approximate surface area is 113 Å². The minimum atomic E-state index is -0.457. The van der Waals surface area contributed by atoms with E-state index in [-0.39, 0.29) is 6.79 Å². The summed E-state index contributed by atoms with van der Waals surface area (Å²) in [6.07, 6.45) is 3.22. The number of ether oxygens (including phenoxy) is 2. The molecule has 1 saturated carbocycles. The molecule has 1 aromatic carbocycles. The van der Waals surface area contributed by atoms with Crippen molar-refractivity contribution in [2.75, 3.05) is 19.9 Å². The molecule has 1 aromatic rings. The molecular weight excluding hydrogens is 242 g/mol. The van der Waals surface area contributed by atoms with E-state index in [4.69, 9.17) is 9.47 Å². The summed E-state index contributed by atoms with van der Waals surface area (Å²) in [5.74, 6) is 1.51. The molecule has 2 aliphatic rings. The maximum Gasteiger partial charge on any atom is 0.231 e. The number of rotatable bonds is 6. The Kier molecular flexibility index (Phi) is 3.62. The lowest BCUT2D eigenvalue weighted by molar-refractivity contribution is 0.108. The molecule has 0 bridgehead atoms. The molecule has 1 N–H and O–H groups in total. The zero-order chi connectivity index (χ0) is 13.2. The molecule has 3 rings (SSSR count).